The van der Waals surface area contributed by atoms with Crippen LogP contribution in [0, 0.1) is 6.92 Å². The van der Waals surface area contributed by atoms with E-state index in [1.165, 1.54) is 18.4 Å². The highest BCUT2D eigenvalue weighted by atomic mass is 32.1. The van der Waals surface area contributed by atoms with Gasteiger partial charge in [0.1, 0.15) is 10.6 Å². The largest absolute Gasteiger partial charge is 0.465 e. The van der Waals surface area contributed by atoms with Gasteiger partial charge in [0.05, 0.1) is 12.8 Å². The number of methoxy groups -OCH3 is 1. The Kier molecular flexibility index (Phi) is 4.24. The van der Waals surface area contributed by atoms with Gasteiger partial charge < -0.3 is 14.5 Å². The second-order valence-electron chi connectivity index (χ2n) is 4.19. The fourth-order valence-electron chi connectivity index (χ4n) is 1.71. The maximum absolute atomic E-state index is 12.1. The van der Waals surface area contributed by atoms with Gasteiger partial charge in [0.25, 0.3) is 5.91 Å². The third-order valence-electron chi connectivity index (χ3n) is 2.82. The van der Waals surface area contributed by atoms with E-state index in [-0.39, 0.29) is 11.7 Å². The van der Waals surface area contributed by atoms with Crippen LogP contribution in [-0.2, 0) is 11.2 Å². The van der Waals surface area contributed by atoms with Crippen LogP contribution in [0.4, 0.5) is 5.69 Å². The van der Waals surface area contributed by atoms with E-state index < -0.39 is 5.97 Å². The summed E-state index contributed by atoms with van der Waals surface area (Å²) in [4.78, 5) is 24.1. The van der Waals surface area contributed by atoms with Crippen LogP contribution in [0.5, 0.6) is 0 Å². The molecule has 20 heavy (non-hydrogen) atoms. The van der Waals surface area contributed by atoms with Crippen molar-refractivity contribution in [1.29, 1.82) is 0 Å². The van der Waals surface area contributed by atoms with Crippen molar-refractivity contribution < 1.29 is 18.7 Å². The van der Waals surface area contributed by atoms with Crippen molar-refractivity contribution in [2.24, 2.45) is 0 Å². The lowest BCUT2D eigenvalue weighted by Gasteiger charge is -2.05. The number of esters is 1. The van der Waals surface area contributed by atoms with Gasteiger partial charge in [-0.1, -0.05) is 6.92 Å². The minimum Gasteiger partial charge on any atom is -0.465 e. The number of rotatable bonds is 4. The van der Waals surface area contributed by atoms with Gasteiger partial charge in [-0.25, -0.2) is 4.79 Å². The predicted octanol–water partition coefficient (Wildman–Crippen LogP) is 3.25. The number of hydrogen-bond acceptors (Lipinski definition) is 5. The Balaban J connectivity index is 2.23. The molecule has 0 saturated heterocycles. The zero-order valence-electron chi connectivity index (χ0n) is 11.5. The first-order chi connectivity index (χ1) is 9.56. The molecule has 5 nitrogen and oxygen atoms in total. The van der Waals surface area contributed by atoms with Crippen LogP contribution in [0.15, 0.2) is 21.9 Å². The van der Waals surface area contributed by atoms with Crippen molar-refractivity contribution in [1.82, 2.24) is 0 Å². The summed E-state index contributed by atoms with van der Waals surface area (Å²) in [7, 11) is 1.31. The predicted molar refractivity (Wildman–Crippen MR) is 76.4 cm³/mol. The number of amides is 1. The molecule has 106 valence electrons. The molecule has 0 aliphatic heterocycles. The number of carbonyl (C=O) groups is 2. The monoisotopic (exact) mass is 293 g/mol. The summed E-state index contributed by atoms with van der Waals surface area (Å²) >= 11 is 1.24. The number of furan rings is 1. The Bertz CT molecular complexity index is 641. The molecule has 2 heterocycles. The van der Waals surface area contributed by atoms with Crippen molar-refractivity contribution in [2.45, 2.75) is 20.3 Å². The Labute approximate surface area is 120 Å². The second kappa shape index (κ2) is 5.92. The van der Waals surface area contributed by atoms with Gasteiger partial charge in [0.15, 0.2) is 5.76 Å². The van der Waals surface area contributed by atoms with Gasteiger partial charge in [0, 0.05) is 6.42 Å². The van der Waals surface area contributed by atoms with E-state index in [1.54, 1.807) is 17.5 Å². The van der Waals surface area contributed by atoms with E-state index in [0.717, 1.165) is 17.7 Å². The van der Waals surface area contributed by atoms with Crippen LogP contribution in [-0.4, -0.2) is 19.0 Å². The van der Waals surface area contributed by atoms with Crippen LogP contribution in [0.1, 0.15) is 38.5 Å². The smallest absolute Gasteiger partial charge is 0.350 e. The molecule has 0 fully saturated rings. The molecule has 0 bridgehead atoms. The Hall–Kier alpha value is -2.08. The van der Waals surface area contributed by atoms with E-state index in [1.807, 2.05) is 13.8 Å². The molecule has 0 spiro atoms. The minimum absolute atomic E-state index is 0.225. The normalized spacial score (nSPS) is 10.3. The van der Waals surface area contributed by atoms with Crippen LogP contribution < -0.4 is 5.32 Å². The molecule has 6 heteroatoms. The number of hydrogen-bond donors (Lipinski definition) is 1. The van der Waals surface area contributed by atoms with Crippen molar-refractivity contribution in [2.75, 3.05) is 12.4 Å². The maximum atomic E-state index is 12.1. The number of anilines is 1. The summed E-state index contributed by atoms with van der Waals surface area (Å²) < 4.78 is 10.1. The molecule has 2 aromatic rings. The molecule has 1 amide bonds. The fraction of sp³-hybridized carbons (Fsp3) is 0.286. The number of thiophene rings is 1. The van der Waals surface area contributed by atoms with E-state index in [2.05, 4.69) is 5.32 Å². The van der Waals surface area contributed by atoms with E-state index in [4.69, 9.17) is 9.15 Å². The number of ether oxygens (including phenoxy) is 1. The molecule has 0 saturated carbocycles. The SMILES string of the molecule is CCc1ccc(C(=O)Nc2c(C)csc2C(=O)OC)o1. The summed E-state index contributed by atoms with van der Waals surface area (Å²) in [5.41, 5.74) is 1.28. The van der Waals surface area contributed by atoms with E-state index in [0.29, 0.717) is 10.6 Å². The Morgan fingerprint density at radius 2 is 2.15 bits per heavy atom. The molecule has 2 aromatic heterocycles. The van der Waals surface area contributed by atoms with Crippen molar-refractivity contribution in [3.8, 4) is 0 Å². The average molecular weight is 293 g/mol. The average Bonchev–Trinajstić information content (AvgIpc) is 3.06. The van der Waals surface area contributed by atoms with Crippen molar-refractivity contribution in [3.63, 3.8) is 0 Å². The Morgan fingerprint density at radius 3 is 2.75 bits per heavy atom. The van der Waals surface area contributed by atoms with Crippen molar-refractivity contribution >= 4 is 28.9 Å². The fourth-order valence-corrected chi connectivity index (χ4v) is 2.63. The second-order valence-corrected chi connectivity index (χ2v) is 5.07. The minimum atomic E-state index is -0.466. The molecule has 0 aromatic carbocycles. The third kappa shape index (κ3) is 2.75. The summed E-state index contributed by atoms with van der Waals surface area (Å²) in [6, 6.07) is 3.38. The third-order valence-corrected chi connectivity index (χ3v) is 3.90. The lowest BCUT2D eigenvalue weighted by atomic mass is 10.2. The lowest BCUT2D eigenvalue weighted by Crippen LogP contribution is -2.14. The standard InChI is InChI=1S/C14H15NO4S/c1-4-9-5-6-10(19-9)13(16)15-11-8(2)7-20-12(11)14(17)18-3/h5-7H,4H2,1-3H3,(H,15,16). The lowest BCUT2D eigenvalue weighted by molar-refractivity contribution is 0.0607. The number of carbonyl (C=O) groups excluding carboxylic acids is 2. The molecule has 0 atom stereocenters. The maximum Gasteiger partial charge on any atom is 0.350 e. The quantitative estimate of drug-likeness (QED) is 0.879. The molecule has 0 aliphatic carbocycles. The molecule has 0 radical (unpaired) electrons. The van der Waals surface area contributed by atoms with Gasteiger partial charge in [-0.2, -0.15) is 0 Å². The number of nitrogens with one attached hydrogen (secondary N) is 1. The van der Waals surface area contributed by atoms with Crippen LogP contribution in [0.3, 0.4) is 0 Å². The van der Waals surface area contributed by atoms with E-state index in [9.17, 15) is 9.59 Å². The summed E-state index contributed by atoms with van der Waals surface area (Å²) in [5, 5.41) is 4.50. The zero-order valence-corrected chi connectivity index (χ0v) is 12.3. The molecule has 2 rings (SSSR count). The molecular weight excluding hydrogens is 278 g/mol. The zero-order chi connectivity index (χ0) is 14.7. The highest BCUT2D eigenvalue weighted by Crippen LogP contribution is 2.28. The van der Waals surface area contributed by atoms with Gasteiger partial charge >= 0.3 is 5.97 Å². The number of aryl methyl sites for hydroxylation is 2. The van der Waals surface area contributed by atoms with Crippen LogP contribution >= 0.6 is 11.3 Å². The Morgan fingerprint density at radius 1 is 1.40 bits per heavy atom. The van der Waals surface area contributed by atoms with Crippen molar-refractivity contribution in [3.05, 3.63) is 39.5 Å². The first-order valence-corrected chi connectivity index (χ1v) is 7.01. The summed E-state index contributed by atoms with van der Waals surface area (Å²) in [5.74, 6) is 0.122. The van der Waals surface area contributed by atoms with E-state index >= 15 is 0 Å². The summed E-state index contributed by atoms with van der Waals surface area (Å²) in [6.07, 6.45) is 0.720. The van der Waals surface area contributed by atoms with Gasteiger partial charge in [-0.3, -0.25) is 4.79 Å². The molecular formula is C14H15NO4S. The van der Waals surface area contributed by atoms with Gasteiger partial charge in [0.2, 0.25) is 0 Å². The van der Waals surface area contributed by atoms with Gasteiger partial charge in [-0.05, 0) is 30.0 Å². The van der Waals surface area contributed by atoms with Crippen LogP contribution in [0.25, 0.3) is 0 Å². The first-order valence-electron chi connectivity index (χ1n) is 6.13. The highest BCUT2D eigenvalue weighted by molar-refractivity contribution is 7.12. The topological polar surface area (TPSA) is 68.5 Å². The summed E-state index contributed by atoms with van der Waals surface area (Å²) in [6.45, 7) is 3.76. The van der Waals surface area contributed by atoms with Crippen LogP contribution in [0.2, 0.25) is 0 Å². The highest BCUT2D eigenvalue weighted by Gasteiger charge is 2.20. The molecule has 0 aliphatic rings. The molecule has 0 unspecified atom stereocenters. The van der Waals surface area contributed by atoms with Gasteiger partial charge in [-0.15, -0.1) is 11.3 Å². The molecule has 1 N–H and O–H groups in total. The first kappa shape index (κ1) is 14.3.